The van der Waals surface area contributed by atoms with E-state index >= 15 is 0 Å². The van der Waals surface area contributed by atoms with Crippen molar-refractivity contribution >= 4 is 35.2 Å². The van der Waals surface area contributed by atoms with Crippen molar-refractivity contribution in [2.75, 3.05) is 5.32 Å². The molecule has 2 rings (SSSR count). The number of carbonyl (C=O) groups excluding carboxylic acids is 2. The Balaban J connectivity index is 1.94. The van der Waals surface area contributed by atoms with Gasteiger partial charge in [0.15, 0.2) is 6.10 Å². The molecule has 136 valence electrons. The third-order valence-electron chi connectivity index (χ3n) is 3.46. The molecule has 0 aliphatic heterocycles. The lowest BCUT2D eigenvalue weighted by Crippen LogP contribution is -2.29. The first-order valence-corrected chi connectivity index (χ1v) is 8.05. The van der Waals surface area contributed by atoms with E-state index < -0.39 is 29.6 Å². The van der Waals surface area contributed by atoms with Gasteiger partial charge in [0.05, 0.1) is 5.69 Å². The molecular formula is C19H16ClF2NO3. The van der Waals surface area contributed by atoms with E-state index in [1.807, 2.05) is 6.92 Å². The Kier molecular flexibility index (Phi) is 6.46. The molecule has 0 unspecified atom stereocenters. The maximum absolute atomic E-state index is 13.5. The summed E-state index contributed by atoms with van der Waals surface area (Å²) in [4.78, 5) is 23.8. The van der Waals surface area contributed by atoms with E-state index in [1.54, 1.807) is 18.2 Å². The molecule has 26 heavy (non-hydrogen) atoms. The molecule has 0 saturated carbocycles. The van der Waals surface area contributed by atoms with Crippen LogP contribution in [0.2, 0.25) is 5.02 Å². The minimum absolute atomic E-state index is 0.205. The largest absolute Gasteiger partial charge is 0.449 e. The van der Waals surface area contributed by atoms with Crippen LogP contribution in [0.5, 0.6) is 0 Å². The summed E-state index contributed by atoms with van der Waals surface area (Å²) in [5.41, 5.74) is 1.40. The standard InChI is InChI=1S/C19H16ClF2NO3/c1-11-3-4-13(9-15(11)20)5-8-18(24)26-12(2)19(25)23-17-7-6-14(21)10-16(17)22/h3-10,12H,1-2H3,(H,23,25)/b8-5+/t12-/m1/s1. The summed E-state index contributed by atoms with van der Waals surface area (Å²) in [7, 11) is 0. The number of nitrogens with one attached hydrogen (secondary N) is 1. The molecule has 2 aromatic rings. The zero-order valence-corrected chi connectivity index (χ0v) is 14.8. The number of amides is 1. The van der Waals surface area contributed by atoms with Crippen molar-refractivity contribution in [1.29, 1.82) is 0 Å². The summed E-state index contributed by atoms with van der Waals surface area (Å²) in [6, 6.07) is 8.00. The van der Waals surface area contributed by atoms with Crippen LogP contribution in [-0.2, 0) is 14.3 Å². The van der Waals surface area contributed by atoms with Crippen LogP contribution in [-0.4, -0.2) is 18.0 Å². The molecule has 0 aliphatic rings. The van der Waals surface area contributed by atoms with Crippen LogP contribution in [0.1, 0.15) is 18.1 Å². The molecule has 0 spiro atoms. The van der Waals surface area contributed by atoms with E-state index in [4.69, 9.17) is 16.3 Å². The number of hydrogen-bond donors (Lipinski definition) is 1. The highest BCUT2D eigenvalue weighted by Crippen LogP contribution is 2.18. The molecule has 1 amide bonds. The van der Waals surface area contributed by atoms with Gasteiger partial charge in [-0.05, 0) is 49.2 Å². The van der Waals surface area contributed by atoms with Crippen LogP contribution in [0.3, 0.4) is 0 Å². The molecule has 0 saturated heterocycles. The van der Waals surface area contributed by atoms with Gasteiger partial charge in [0.2, 0.25) is 0 Å². The topological polar surface area (TPSA) is 55.4 Å². The molecular weight excluding hydrogens is 364 g/mol. The predicted molar refractivity (Wildman–Crippen MR) is 95.8 cm³/mol. The van der Waals surface area contributed by atoms with Gasteiger partial charge in [0.25, 0.3) is 5.91 Å². The lowest BCUT2D eigenvalue weighted by Gasteiger charge is -2.12. The van der Waals surface area contributed by atoms with Crippen molar-refractivity contribution in [3.05, 3.63) is 70.3 Å². The molecule has 0 radical (unpaired) electrons. The number of hydrogen-bond acceptors (Lipinski definition) is 3. The van der Waals surface area contributed by atoms with Gasteiger partial charge in [-0.2, -0.15) is 0 Å². The number of carbonyl (C=O) groups is 2. The van der Waals surface area contributed by atoms with Crippen molar-refractivity contribution in [2.24, 2.45) is 0 Å². The van der Waals surface area contributed by atoms with E-state index in [2.05, 4.69) is 5.32 Å². The van der Waals surface area contributed by atoms with Crippen LogP contribution < -0.4 is 5.32 Å². The number of ether oxygens (including phenoxy) is 1. The maximum atomic E-state index is 13.5. The Morgan fingerprint density at radius 1 is 1.19 bits per heavy atom. The second kappa shape index (κ2) is 8.58. The average molecular weight is 380 g/mol. The minimum atomic E-state index is -1.17. The number of esters is 1. The number of halogens is 3. The van der Waals surface area contributed by atoms with Gasteiger partial charge >= 0.3 is 5.97 Å². The Bertz CT molecular complexity index is 868. The van der Waals surface area contributed by atoms with Crippen LogP contribution in [0.25, 0.3) is 6.08 Å². The molecule has 0 heterocycles. The zero-order valence-electron chi connectivity index (χ0n) is 14.1. The number of anilines is 1. The third-order valence-corrected chi connectivity index (χ3v) is 3.87. The second-order valence-corrected chi connectivity index (χ2v) is 5.94. The summed E-state index contributed by atoms with van der Waals surface area (Å²) < 4.78 is 31.3. The molecule has 4 nitrogen and oxygen atoms in total. The molecule has 0 aliphatic carbocycles. The van der Waals surface area contributed by atoms with Crippen LogP contribution in [0.4, 0.5) is 14.5 Å². The highest BCUT2D eigenvalue weighted by molar-refractivity contribution is 6.31. The summed E-state index contributed by atoms with van der Waals surface area (Å²) in [6.45, 7) is 3.19. The summed E-state index contributed by atoms with van der Waals surface area (Å²) in [5.74, 6) is -3.17. The zero-order chi connectivity index (χ0) is 19.3. The quantitative estimate of drug-likeness (QED) is 0.614. The van der Waals surface area contributed by atoms with E-state index in [0.717, 1.165) is 23.8 Å². The van der Waals surface area contributed by atoms with Gasteiger partial charge in [-0.3, -0.25) is 4.79 Å². The number of rotatable bonds is 5. The molecule has 7 heteroatoms. The summed E-state index contributed by atoms with van der Waals surface area (Å²) >= 11 is 6.00. The average Bonchev–Trinajstić information content (AvgIpc) is 2.58. The number of benzene rings is 2. The fourth-order valence-corrected chi connectivity index (χ4v) is 2.16. The lowest BCUT2D eigenvalue weighted by molar-refractivity contribution is -0.148. The van der Waals surface area contributed by atoms with Gasteiger partial charge in [0.1, 0.15) is 11.6 Å². The van der Waals surface area contributed by atoms with Gasteiger partial charge < -0.3 is 10.1 Å². The van der Waals surface area contributed by atoms with Gasteiger partial charge in [-0.25, -0.2) is 13.6 Å². The van der Waals surface area contributed by atoms with Crippen molar-refractivity contribution in [2.45, 2.75) is 20.0 Å². The van der Waals surface area contributed by atoms with Crippen molar-refractivity contribution in [1.82, 2.24) is 0 Å². The minimum Gasteiger partial charge on any atom is -0.449 e. The first kappa shape index (κ1) is 19.6. The first-order chi connectivity index (χ1) is 12.3. The first-order valence-electron chi connectivity index (χ1n) is 7.67. The molecule has 2 aromatic carbocycles. The fraction of sp³-hybridized carbons (Fsp3) is 0.158. The third kappa shape index (κ3) is 5.39. The summed E-state index contributed by atoms with van der Waals surface area (Å²) in [6.07, 6.45) is 1.49. The van der Waals surface area contributed by atoms with E-state index in [0.29, 0.717) is 16.7 Å². The maximum Gasteiger partial charge on any atom is 0.331 e. The van der Waals surface area contributed by atoms with Crippen LogP contribution in [0.15, 0.2) is 42.5 Å². The highest BCUT2D eigenvalue weighted by atomic mass is 35.5. The Labute approximate surface area is 154 Å². The van der Waals surface area contributed by atoms with Crippen molar-refractivity contribution in [3.8, 4) is 0 Å². The fourth-order valence-electron chi connectivity index (χ4n) is 1.97. The smallest absolute Gasteiger partial charge is 0.331 e. The van der Waals surface area contributed by atoms with Crippen LogP contribution >= 0.6 is 11.6 Å². The Morgan fingerprint density at radius 3 is 2.58 bits per heavy atom. The normalized spacial score (nSPS) is 12.0. The van der Waals surface area contributed by atoms with Crippen molar-refractivity contribution < 1.29 is 23.1 Å². The predicted octanol–water partition coefficient (Wildman–Crippen LogP) is 4.51. The highest BCUT2D eigenvalue weighted by Gasteiger charge is 2.18. The Hall–Kier alpha value is -2.73. The molecule has 1 N–H and O–H groups in total. The SMILES string of the molecule is Cc1ccc(/C=C/C(=O)O[C@H](C)C(=O)Nc2ccc(F)cc2F)cc1Cl. The van der Waals surface area contributed by atoms with Crippen molar-refractivity contribution in [3.63, 3.8) is 0 Å². The molecule has 0 aromatic heterocycles. The second-order valence-electron chi connectivity index (χ2n) is 5.53. The van der Waals surface area contributed by atoms with E-state index in [1.165, 1.54) is 13.0 Å². The van der Waals surface area contributed by atoms with Gasteiger partial charge in [-0.1, -0.05) is 23.7 Å². The number of aryl methyl sites for hydroxylation is 1. The van der Waals surface area contributed by atoms with E-state index in [9.17, 15) is 18.4 Å². The lowest BCUT2D eigenvalue weighted by atomic mass is 10.1. The van der Waals surface area contributed by atoms with Gasteiger partial charge in [-0.15, -0.1) is 0 Å². The van der Waals surface area contributed by atoms with Gasteiger partial charge in [0, 0.05) is 17.2 Å². The van der Waals surface area contributed by atoms with E-state index in [-0.39, 0.29) is 5.69 Å². The monoisotopic (exact) mass is 379 g/mol. The Morgan fingerprint density at radius 2 is 1.92 bits per heavy atom. The molecule has 1 atom stereocenters. The van der Waals surface area contributed by atoms with Crippen LogP contribution in [0, 0.1) is 18.6 Å². The molecule has 0 fully saturated rings. The molecule has 0 bridgehead atoms. The summed E-state index contributed by atoms with van der Waals surface area (Å²) in [5, 5.41) is 2.80.